The average Bonchev–Trinajstić information content (AvgIpc) is 2.38. The van der Waals surface area contributed by atoms with E-state index in [4.69, 9.17) is 0 Å². The number of halogens is 2. The van der Waals surface area contributed by atoms with Crippen LogP contribution in [0.25, 0.3) is 0 Å². The molecule has 100 valence electrons. The van der Waals surface area contributed by atoms with Crippen LogP contribution >= 0.6 is 0 Å². The van der Waals surface area contributed by atoms with Crippen molar-refractivity contribution in [1.29, 1.82) is 0 Å². The van der Waals surface area contributed by atoms with E-state index in [0.29, 0.717) is 6.54 Å². The van der Waals surface area contributed by atoms with Crippen LogP contribution in [-0.2, 0) is 6.54 Å². The predicted octanol–water partition coefficient (Wildman–Crippen LogP) is 2.91. The minimum atomic E-state index is -0.546. The van der Waals surface area contributed by atoms with Crippen molar-refractivity contribution in [3.05, 3.63) is 59.2 Å². The number of nitrogens with zero attached hydrogens (tertiary/aromatic N) is 2. The van der Waals surface area contributed by atoms with Crippen LogP contribution in [-0.4, -0.2) is 9.97 Å². The zero-order valence-corrected chi connectivity index (χ0v) is 10.8. The van der Waals surface area contributed by atoms with E-state index in [1.54, 1.807) is 19.3 Å². The van der Waals surface area contributed by atoms with Crippen molar-refractivity contribution >= 4 is 0 Å². The fourth-order valence-corrected chi connectivity index (χ4v) is 1.79. The van der Waals surface area contributed by atoms with Crippen LogP contribution in [0.4, 0.5) is 8.78 Å². The number of aromatic nitrogens is 2. The molecule has 1 aromatic heterocycles. The van der Waals surface area contributed by atoms with E-state index in [1.165, 1.54) is 18.2 Å². The zero-order chi connectivity index (χ0) is 13.8. The van der Waals surface area contributed by atoms with Crippen LogP contribution in [0.3, 0.4) is 0 Å². The van der Waals surface area contributed by atoms with Gasteiger partial charge in [-0.2, -0.15) is 0 Å². The maximum absolute atomic E-state index is 13.6. The predicted molar refractivity (Wildman–Crippen MR) is 68.4 cm³/mol. The molecular weight excluding hydrogens is 248 g/mol. The Morgan fingerprint density at radius 1 is 1.16 bits per heavy atom. The molecule has 0 aliphatic heterocycles. The molecule has 5 heteroatoms. The number of rotatable bonds is 4. The number of benzene rings is 1. The van der Waals surface area contributed by atoms with Crippen LogP contribution in [0.5, 0.6) is 0 Å². The molecule has 19 heavy (non-hydrogen) atoms. The maximum atomic E-state index is 13.6. The van der Waals surface area contributed by atoms with Gasteiger partial charge < -0.3 is 5.32 Å². The Morgan fingerprint density at radius 3 is 2.42 bits per heavy atom. The smallest absolute Gasteiger partial charge is 0.130 e. The van der Waals surface area contributed by atoms with Gasteiger partial charge in [0.15, 0.2) is 0 Å². The second-order valence-electron chi connectivity index (χ2n) is 4.39. The Morgan fingerprint density at radius 2 is 1.84 bits per heavy atom. The van der Waals surface area contributed by atoms with Crippen molar-refractivity contribution < 1.29 is 8.78 Å². The first-order valence-corrected chi connectivity index (χ1v) is 6.02. The molecule has 1 aromatic carbocycles. The van der Waals surface area contributed by atoms with E-state index < -0.39 is 17.7 Å². The van der Waals surface area contributed by atoms with Crippen molar-refractivity contribution in [3.8, 4) is 0 Å². The first-order valence-electron chi connectivity index (χ1n) is 6.02. The third-order valence-corrected chi connectivity index (χ3v) is 2.86. The van der Waals surface area contributed by atoms with Gasteiger partial charge in [0.25, 0.3) is 0 Å². The van der Waals surface area contributed by atoms with E-state index in [2.05, 4.69) is 15.3 Å². The topological polar surface area (TPSA) is 37.8 Å². The first kappa shape index (κ1) is 13.5. The van der Waals surface area contributed by atoms with E-state index in [-0.39, 0.29) is 5.56 Å². The van der Waals surface area contributed by atoms with Gasteiger partial charge in [0.2, 0.25) is 0 Å². The summed E-state index contributed by atoms with van der Waals surface area (Å²) in [5.74, 6) is -1.09. The van der Waals surface area contributed by atoms with Crippen molar-refractivity contribution in [2.45, 2.75) is 26.4 Å². The fraction of sp³-hybridized carbons (Fsp3) is 0.286. The SMILES string of the molecule is Cc1cnc(CNC(C)c2c(F)cccc2F)cn1. The quantitative estimate of drug-likeness (QED) is 0.921. The molecule has 0 spiro atoms. The summed E-state index contributed by atoms with van der Waals surface area (Å²) in [7, 11) is 0. The van der Waals surface area contributed by atoms with E-state index >= 15 is 0 Å². The number of aryl methyl sites for hydroxylation is 1. The highest BCUT2D eigenvalue weighted by Gasteiger charge is 2.15. The molecule has 1 heterocycles. The summed E-state index contributed by atoms with van der Waals surface area (Å²) in [6.07, 6.45) is 3.30. The molecule has 1 N–H and O–H groups in total. The Kier molecular flexibility index (Phi) is 4.16. The number of hydrogen-bond donors (Lipinski definition) is 1. The molecular formula is C14H15F2N3. The lowest BCUT2D eigenvalue weighted by Crippen LogP contribution is -2.21. The monoisotopic (exact) mass is 263 g/mol. The van der Waals surface area contributed by atoms with Crippen LogP contribution in [0.15, 0.2) is 30.6 Å². The highest BCUT2D eigenvalue weighted by molar-refractivity contribution is 5.22. The lowest BCUT2D eigenvalue weighted by Gasteiger charge is -2.15. The molecule has 3 nitrogen and oxygen atoms in total. The third kappa shape index (κ3) is 3.32. The lowest BCUT2D eigenvalue weighted by molar-refractivity contribution is 0.485. The fourth-order valence-electron chi connectivity index (χ4n) is 1.79. The Bertz CT molecular complexity index is 535. The molecule has 0 bridgehead atoms. The normalized spacial score (nSPS) is 12.4. The summed E-state index contributed by atoms with van der Waals surface area (Å²) >= 11 is 0. The Labute approximate surface area is 110 Å². The van der Waals surface area contributed by atoms with Gasteiger partial charge in [-0.3, -0.25) is 9.97 Å². The summed E-state index contributed by atoms with van der Waals surface area (Å²) < 4.78 is 27.1. The van der Waals surface area contributed by atoms with E-state index in [0.717, 1.165) is 11.4 Å². The third-order valence-electron chi connectivity index (χ3n) is 2.86. The molecule has 0 amide bonds. The summed E-state index contributed by atoms with van der Waals surface area (Å²) in [5.41, 5.74) is 1.61. The van der Waals surface area contributed by atoms with Gasteiger partial charge in [0.05, 0.1) is 11.4 Å². The average molecular weight is 263 g/mol. The lowest BCUT2D eigenvalue weighted by atomic mass is 10.1. The molecule has 0 radical (unpaired) electrons. The van der Waals surface area contributed by atoms with Crippen molar-refractivity contribution in [2.24, 2.45) is 0 Å². The number of nitrogens with one attached hydrogen (secondary N) is 1. The summed E-state index contributed by atoms with van der Waals surface area (Å²) in [4.78, 5) is 8.29. The van der Waals surface area contributed by atoms with Crippen molar-refractivity contribution in [3.63, 3.8) is 0 Å². The molecule has 2 aromatic rings. The minimum absolute atomic E-state index is 0.0440. The highest BCUT2D eigenvalue weighted by Crippen LogP contribution is 2.20. The van der Waals surface area contributed by atoms with Gasteiger partial charge in [-0.1, -0.05) is 6.07 Å². The zero-order valence-electron chi connectivity index (χ0n) is 10.8. The van der Waals surface area contributed by atoms with Gasteiger partial charge >= 0.3 is 0 Å². The largest absolute Gasteiger partial charge is 0.304 e. The van der Waals surface area contributed by atoms with Gasteiger partial charge in [-0.25, -0.2) is 8.78 Å². The van der Waals surface area contributed by atoms with Crippen LogP contribution in [0.1, 0.15) is 29.9 Å². The van der Waals surface area contributed by atoms with Crippen molar-refractivity contribution in [2.75, 3.05) is 0 Å². The summed E-state index contributed by atoms with van der Waals surface area (Å²) in [6, 6.07) is 3.42. The highest BCUT2D eigenvalue weighted by atomic mass is 19.1. The second-order valence-corrected chi connectivity index (χ2v) is 4.39. The molecule has 0 aliphatic carbocycles. The molecule has 0 saturated carbocycles. The number of hydrogen-bond acceptors (Lipinski definition) is 3. The Balaban J connectivity index is 2.05. The summed E-state index contributed by atoms with van der Waals surface area (Å²) in [6.45, 7) is 3.97. The minimum Gasteiger partial charge on any atom is -0.304 e. The molecule has 0 aliphatic rings. The van der Waals surface area contributed by atoms with Gasteiger partial charge in [0.1, 0.15) is 11.6 Å². The van der Waals surface area contributed by atoms with Crippen LogP contribution in [0.2, 0.25) is 0 Å². The van der Waals surface area contributed by atoms with E-state index in [1.807, 2.05) is 6.92 Å². The van der Waals surface area contributed by atoms with Crippen molar-refractivity contribution in [1.82, 2.24) is 15.3 Å². The Hall–Kier alpha value is -1.88. The first-order chi connectivity index (χ1) is 9.08. The molecule has 2 rings (SSSR count). The molecule has 1 atom stereocenters. The van der Waals surface area contributed by atoms with E-state index in [9.17, 15) is 8.78 Å². The second kappa shape index (κ2) is 5.84. The van der Waals surface area contributed by atoms with Gasteiger partial charge in [0, 0.05) is 30.5 Å². The molecule has 0 fully saturated rings. The molecule has 0 saturated heterocycles. The molecule has 1 unspecified atom stereocenters. The standard InChI is InChI=1S/C14H15F2N3/c1-9-6-19-11(7-17-9)8-18-10(2)14-12(15)4-3-5-13(14)16/h3-7,10,18H,8H2,1-2H3. The van der Waals surface area contributed by atoms with Gasteiger partial charge in [-0.05, 0) is 26.0 Å². The maximum Gasteiger partial charge on any atom is 0.130 e. The summed E-state index contributed by atoms with van der Waals surface area (Å²) in [5, 5.41) is 3.03. The van der Waals surface area contributed by atoms with Crippen LogP contribution < -0.4 is 5.32 Å². The van der Waals surface area contributed by atoms with Gasteiger partial charge in [-0.15, -0.1) is 0 Å². The van der Waals surface area contributed by atoms with Crippen LogP contribution in [0, 0.1) is 18.6 Å².